The van der Waals surface area contributed by atoms with Gasteiger partial charge in [0.1, 0.15) is 5.75 Å². The minimum absolute atomic E-state index is 0.0790. The number of fused-ring (bicyclic) bond motifs is 1. The van der Waals surface area contributed by atoms with Gasteiger partial charge in [-0.05, 0) is 30.7 Å². The van der Waals surface area contributed by atoms with E-state index >= 15 is 0 Å². The van der Waals surface area contributed by atoms with Gasteiger partial charge in [-0.25, -0.2) is 9.79 Å². The Morgan fingerprint density at radius 2 is 2.12 bits per heavy atom. The molecule has 3 aliphatic rings. The maximum atomic E-state index is 13.0. The molecule has 0 bridgehead atoms. The zero-order chi connectivity index (χ0) is 23.4. The molecule has 33 heavy (non-hydrogen) atoms. The van der Waals surface area contributed by atoms with E-state index in [0.29, 0.717) is 30.0 Å². The van der Waals surface area contributed by atoms with Crippen molar-refractivity contribution < 1.29 is 23.8 Å². The van der Waals surface area contributed by atoms with E-state index in [4.69, 9.17) is 19.2 Å². The summed E-state index contributed by atoms with van der Waals surface area (Å²) in [5.74, 6) is 0.117. The van der Waals surface area contributed by atoms with Crippen molar-refractivity contribution in [1.82, 2.24) is 10.2 Å². The average molecular weight is 472 g/mol. The third-order valence-corrected chi connectivity index (χ3v) is 6.84. The SMILES string of the molecule is CCC1=C(C(=O)OC)[C@H](c2ccccc2OC)N2C(CC(=O)NC[C@H]3CCCO3)=CSC2=N1. The smallest absolute Gasteiger partial charge is 0.338 e. The lowest BCUT2D eigenvalue weighted by Gasteiger charge is -2.37. The number of methoxy groups -OCH3 is 2. The molecule has 0 radical (unpaired) electrons. The molecule has 2 atom stereocenters. The summed E-state index contributed by atoms with van der Waals surface area (Å²) in [5.41, 5.74) is 2.72. The number of carbonyl (C=O) groups excluding carboxylic acids is 2. The van der Waals surface area contributed by atoms with Crippen LogP contribution in [0.15, 0.2) is 51.6 Å². The number of hydrogen-bond acceptors (Lipinski definition) is 8. The first kappa shape index (κ1) is 23.4. The molecule has 1 N–H and O–H groups in total. The molecule has 1 fully saturated rings. The topological polar surface area (TPSA) is 89.5 Å². The predicted octanol–water partition coefficient (Wildman–Crippen LogP) is 3.52. The van der Waals surface area contributed by atoms with Gasteiger partial charge in [0, 0.05) is 24.4 Å². The van der Waals surface area contributed by atoms with Crippen molar-refractivity contribution in [2.45, 2.75) is 44.8 Å². The third kappa shape index (κ3) is 4.79. The Kier molecular flexibility index (Phi) is 7.39. The number of carbonyl (C=O) groups is 2. The Labute approximate surface area is 198 Å². The van der Waals surface area contributed by atoms with Crippen molar-refractivity contribution in [2.75, 3.05) is 27.4 Å². The van der Waals surface area contributed by atoms with Crippen LogP contribution in [0.5, 0.6) is 5.75 Å². The Hall–Kier alpha value is -2.78. The minimum atomic E-state index is -0.511. The number of benzene rings is 1. The fourth-order valence-electron chi connectivity index (χ4n) is 4.36. The summed E-state index contributed by atoms with van der Waals surface area (Å²) >= 11 is 1.45. The zero-order valence-electron chi connectivity index (χ0n) is 19.1. The molecular weight excluding hydrogens is 442 g/mol. The lowest BCUT2D eigenvalue weighted by atomic mass is 9.92. The van der Waals surface area contributed by atoms with E-state index in [1.165, 1.54) is 18.9 Å². The van der Waals surface area contributed by atoms with Gasteiger partial charge in [0.2, 0.25) is 5.91 Å². The van der Waals surface area contributed by atoms with Crippen LogP contribution in [-0.4, -0.2) is 55.4 Å². The molecule has 1 aromatic rings. The van der Waals surface area contributed by atoms with Crippen LogP contribution in [0.4, 0.5) is 0 Å². The fourth-order valence-corrected chi connectivity index (χ4v) is 5.30. The molecule has 176 valence electrons. The van der Waals surface area contributed by atoms with Crippen molar-refractivity contribution in [2.24, 2.45) is 4.99 Å². The number of aliphatic imine (C=N–C) groups is 1. The molecule has 0 unspecified atom stereocenters. The van der Waals surface area contributed by atoms with Crippen LogP contribution in [0.3, 0.4) is 0 Å². The molecular formula is C24H29N3O5S. The van der Waals surface area contributed by atoms with Crippen molar-refractivity contribution in [3.05, 3.63) is 52.2 Å². The number of amidine groups is 1. The summed E-state index contributed by atoms with van der Waals surface area (Å²) in [6, 6.07) is 7.08. The van der Waals surface area contributed by atoms with Crippen LogP contribution in [0.25, 0.3) is 0 Å². The van der Waals surface area contributed by atoms with Crippen LogP contribution < -0.4 is 10.1 Å². The first-order valence-corrected chi connectivity index (χ1v) is 12.0. The molecule has 9 heteroatoms. The monoisotopic (exact) mass is 471 g/mol. The number of para-hydroxylation sites is 1. The van der Waals surface area contributed by atoms with Gasteiger partial charge >= 0.3 is 5.97 Å². The number of thioether (sulfide) groups is 1. The Bertz CT molecular complexity index is 1010. The molecule has 0 spiro atoms. The van der Waals surface area contributed by atoms with E-state index in [9.17, 15) is 9.59 Å². The van der Waals surface area contributed by atoms with Crippen LogP contribution in [0.1, 0.15) is 44.2 Å². The summed E-state index contributed by atoms with van der Waals surface area (Å²) < 4.78 is 16.4. The molecule has 3 aliphatic heterocycles. The molecule has 4 rings (SSSR count). The minimum Gasteiger partial charge on any atom is -0.496 e. The van der Waals surface area contributed by atoms with Crippen LogP contribution in [0.2, 0.25) is 0 Å². The van der Waals surface area contributed by atoms with Crippen molar-refractivity contribution >= 4 is 28.8 Å². The van der Waals surface area contributed by atoms with Gasteiger partial charge in [-0.15, -0.1) is 0 Å². The Balaban J connectivity index is 1.66. The first-order chi connectivity index (χ1) is 16.1. The summed E-state index contributed by atoms with van der Waals surface area (Å²) in [7, 11) is 2.97. The second-order valence-electron chi connectivity index (χ2n) is 7.96. The number of ether oxygens (including phenoxy) is 3. The molecule has 3 heterocycles. The predicted molar refractivity (Wildman–Crippen MR) is 127 cm³/mol. The van der Waals surface area contributed by atoms with E-state index in [2.05, 4.69) is 5.32 Å². The lowest BCUT2D eigenvalue weighted by Crippen LogP contribution is -2.39. The average Bonchev–Trinajstić information content (AvgIpc) is 3.51. The van der Waals surface area contributed by atoms with E-state index < -0.39 is 12.0 Å². The maximum absolute atomic E-state index is 13.0. The highest BCUT2D eigenvalue weighted by molar-refractivity contribution is 8.16. The van der Waals surface area contributed by atoms with Gasteiger partial charge in [-0.3, -0.25) is 4.79 Å². The van der Waals surface area contributed by atoms with E-state index in [1.54, 1.807) is 7.11 Å². The van der Waals surface area contributed by atoms with Crippen LogP contribution >= 0.6 is 11.8 Å². The highest BCUT2D eigenvalue weighted by Crippen LogP contribution is 2.47. The molecule has 1 saturated heterocycles. The quantitative estimate of drug-likeness (QED) is 0.580. The zero-order valence-corrected chi connectivity index (χ0v) is 19.9. The van der Waals surface area contributed by atoms with Crippen LogP contribution in [0, 0.1) is 0 Å². The first-order valence-electron chi connectivity index (χ1n) is 11.1. The fraction of sp³-hybridized carbons (Fsp3) is 0.458. The molecule has 0 saturated carbocycles. The van der Waals surface area contributed by atoms with Gasteiger partial charge in [0.25, 0.3) is 0 Å². The molecule has 0 aliphatic carbocycles. The molecule has 1 amide bonds. The number of amides is 1. The summed E-state index contributed by atoms with van der Waals surface area (Å²) in [6.07, 6.45) is 2.81. The van der Waals surface area contributed by atoms with Crippen molar-refractivity contribution in [3.63, 3.8) is 0 Å². The van der Waals surface area contributed by atoms with Gasteiger partial charge < -0.3 is 24.4 Å². The van der Waals surface area contributed by atoms with Crippen molar-refractivity contribution in [3.8, 4) is 5.75 Å². The lowest BCUT2D eigenvalue weighted by molar-refractivity contribution is -0.136. The molecule has 8 nitrogen and oxygen atoms in total. The summed E-state index contributed by atoms with van der Waals surface area (Å²) in [5, 5.41) is 5.64. The maximum Gasteiger partial charge on any atom is 0.338 e. The highest BCUT2D eigenvalue weighted by atomic mass is 32.2. The second-order valence-corrected chi connectivity index (χ2v) is 8.79. The second kappa shape index (κ2) is 10.4. The Morgan fingerprint density at radius 3 is 2.82 bits per heavy atom. The number of nitrogens with zero attached hydrogens (tertiary/aromatic N) is 2. The van der Waals surface area contributed by atoms with Crippen LogP contribution in [-0.2, 0) is 19.1 Å². The van der Waals surface area contributed by atoms with E-state index in [1.807, 2.05) is 41.5 Å². The number of allylic oxidation sites excluding steroid dienone is 1. The number of rotatable bonds is 8. The van der Waals surface area contributed by atoms with Crippen molar-refractivity contribution in [1.29, 1.82) is 0 Å². The third-order valence-electron chi connectivity index (χ3n) is 5.96. The number of nitrogens with one attached hydrogen (secondary N) is 1. The Morgan fingerprint density at radius 1 is 1.30 bits per heavy atom. The van der Waals surface area contributed by atoms with Gasteiger partial charge in [0.15, 0.2) is 5.17 Å². The highest BCUT2D eigenvalue weighted by Gasteiger charge is 2.42. The standard InChI is InChI=1S/C24H29N3O5S/c1-4-18-21(23(29)31-3)22(17-9-5-6-10-19(17)30-2)27-15(14-33-24(27)26-18)12-20(28)25-13-16-8-7-11-32-16/h5-6,9-10,14,16,22H,4,7-8,11-13H2,1-3H3,(H,25,28)/t16-,22+/m1/s1. The molecule has 1 aromatic carbocycles. The normalized spacial score (nSPS) is 22.0. The number of esters is 1. The summed E-state index contributed by atoms with van der Waals surface area (Å²) in [6.45, 7) is 3.21. The van der Waals surface area contributed by atoms with Gasteiger partial charge in [-0.1, -0.05) is 36.9 Å². The number of hydrogen-bond donors (Lipinski definition) is 1. The van der Waals surface area contributed by atoms with E-state index in [0.717, 1.165) is 35.9 Å². The van der Waals surface area contributed by atoms with Gasteiger partial charge in [0.05, 0.1) is 44.1 Å². The van der Waals surface area contributed by atoms with E-state index in [-0.39, 0.29) is 18.4 Å². The molecule has 0 aromatic heterocycles. The van der Waals surface area contributed by atoms with Gasteiger partial charge in [-0.2, -0.15) is 0 Å². The summed E-state index contributed by atoms with van der Waals surface area (Å²) in [4.78, 5) is 32.4. The largest absolute Gasteiger partial charge is 0.496 e.